The molecule has 1 aliphatic heterocycles. The monoisotopic (exact) mass is 498 g/mol. The van der Waals surface area contributed by atoms with Crippen LogP contribution in [0.1, 0.15) is 32.1 Å². The number of ether oxygens (including phenoxy) is 1. The van der Waals surface area contributed by atoms with Crippen LogP contribution in [0.3, 0.4) is 0 Å². The van der Waals surface area contributed by atoms with E-state index in [2.05, 4.69) is 15.6 Å². The van der Waals surface area contributed by atoms with Gasteiger partial charge in [0.15, 0.2) is 11.7 Å². The summed E-state index contributed by atoms with van der Waals surface area (Å²) in [5, 5.41) is 6.77. The molecule has 1 fully saturated rings. The number of nitrogens with one attached hydrogen (secondary N) is 2. The number of anilines is 3. The fourth-order valence-corrected chi connectivity index (χ4v) is 5.34. The molecule has 2 N–H and O–H groups in total. The zero-order valence-electron chi connectivity index (χ0n) is 18.3. The first-order chi connectivity index (χ1) is 16.5. The molecule has 5 rings (SSSR count). The van der Waals surface area contributed by atoms with E-state index >= 15 is 0 Å². The Balaban J connectivity index is 1.26. The summed E-state index contributed by atoms with van der Waals surface area (Å²) in [5.74, 6) is -0.0929. The average Bonchev–Trinajstić information content (AvgIpc) is 3.23. The number of carbonyl (C=O) groups is 3. The summed E-state index contributed by atoms with van der Waals surface area (Å²) in [7, 11) is 0. The number of carbonyl (C=O) groups excluding carboxylic acids is 3. The van der Waals surface area contributed by atoms with Gasteiger partial charge in [0.05, 0.1) is 15.9 Å². The predicted octanol–water partition coefficient (Wildman–Crippen LogP) is 4.83. The minimum atomic E-state index is -0.360. The summed E-state index contributed by atoms with van der Waals surface area (Å²) < 4.78 is 6.33. The Morgan fingerprint density at radius 3 is 2.76 bits per heavy atom. The number of nitrogens with zero attached hydrogens (tertiary/aromatic N) is 2. The standard InChI is InChI=1S/C24H23ClN4O4S/c25-15-6-8-19-18(10-15)29(22(31)13-33-19)12-21(30)26-16-7-9-20-17(11-16)27-24(34-20)28-23(32)14-4-2-1-3-5-14/h6-11,14H,1-5,12-13H2,(H,26,30)(H,27,28,32). The molecule has 0 spiro atoms. The summed E-state index contributed by atoms with van der Waals surface area (Å²) in [6, 6.07) is 10.3. The van der Waals surface area contributed by atoms with E-state index < -0.39 is 0 Å². The number of hydrogen-bond donors (Lipinski definition) is 2. The highest BCUT2D eigenvalue weighted by molar-refractivity contribution is 7.22. The third kappa shape index (κ3) is 4.85. The first-order valence-electron chi connectivity index (χ1n) is 11.2. The van der Waals surface area contributed by atoms with Crippen LogP contribution in [-0.4, -0.2) is 35.9 Å². The minimum absolute atomic E-state index is 0.0304. The van der Waals surface area contributed by atoms with Crippen LogP contribution in [0.5, 0.6) is 5.75 Å². The summed E-state index contributed by atoms with van der Waals surface area (Å²) in [6.07, 6.45) is 5.23. The van der Waals surface area contributed by atoms with Crippen LogP contribution in [0.15, 0.2) is 36.4 Å². The quantitative estimate of drug-likeness (QED) is 0.524. The summed E-state index contributed by atoms with van der Waals surface area (Å²) in [4.78, 5) is 43.5. The predicted molar refractivity (Wildman–Crippen MR) is 133 cm³/mol. The van der Waals surface area contributed by atoms with E-state index in [1.54, 1.807) is 30.3 Å². The molecule has 34 heavy (non-hydrogen) atoms. The van der Waals surface area contributed by atoms with Crippen LogP contribution in [0.2, 0.25) is 5.02 Å². The van der Waals surface area contributed by atoms with Crippen molar-refractivity contribution in [2.75, 3.05) is 28.7 Å². The fraction of sp³-hybridized carbons (Fsp3) is 0.333. The Hall–Kier alpha value is -3.17. The van der Waals surface area contributed by atoms with Crippen molar-refractivity contribution < 1.29 is 19.1 Å². The fourth-order valence-electron chi connectivity index (χ4n) is 4.32. The molecule has 1 aromatic heterocycles. The topological polar surface area (TPSA) is 101 Å². The number of hydrogen-bond acceptors (Lipinski definition) is 6. The van der Waals surface area contributed by atoms with E-state index in [4.69, 9.17) is 16.3 Å². The highest BCUT2D eigenvalue weighted by Crippen LogP contribution is 2.34. The molecular formula is C24H23ClN4O4S. The zero-order chi connectivity index (χ0) is 23.7. The molecule has 3 aromatic rings. The Morgan fingerprint density at radius 2 is 1.94 bits per heavy atom. The Bertz CT molecular complexity index is 1270. The van der Waals surface area contributed by atoms with Crippen LogP contribution < -0.4 is 20.3 Å². The molecule has 2 aliphatic rings. The molecule has 0 radical (unpaired) electrons. The Labute approximate surface area is 205 Å². The molecule has 2 heterocycles. The molecule has 0 saturated heterocycles. The summed E-state index contributed by atoms with van der Waals surface area (Å²) >= 11 is 7.47. The van der Waals surface area contributed by atoms with Gasteiger partial charge in [-0.2, -0.15) is 0 Å². The number of benzene rings is 2. The van der Waals surface area contributed by atoms with Crippen LogP contribution in [0, 0.1) is 5.92 Å². The van der Waals surface area contributed by atoms with Crippen molar-refractivity contribution in [3.05, 3.63) is 41.4 Å². The smallest absolute Gasteiger partial charge is 0.265 e. The molecule has 0 unspecified atom stereocenters. The lowest BCUT2D eigenvalue weighted by molar-refractivity contribution is -0.123. The van der Waals surface area contributed by atoms with Gasteiger partial charge in [0.25, 0.3) is 5.91 Å². The Kier molecular flexibility index (Phi) is 6.38. The van der Waals surface area contributed by atoms with Gasteiger partial charge < -0.3 is 15.4 Å². The van der Waals surface area contributed by atoms with Crippen LogP contribution in [0.25, 0.3) is 10.2 Å². The number of rotatable bonds is 5. The normalized spacial score (nSPS) is 16.1. The molecule has 176 valence electrons. The molecule has 10 heteroatoms. The van der Waals surface area contributed by atoms with Gasteiger partial charge in [-0.1, -0.05) is 42.2 Å². The van der Waals surface area contributed by atoms with E-state index in [-0.39, 0.29) is 36.8 Å². The number of aromatic nitrogens is 1. The third-order valence-corrected chi connectivity index (χ3v) is 7.23. The number of thiazole rings is 1. The van der Waals surface area contributed by atoms with Crippen LogP contribution >= 0.6 is 22.9 Å². The first-order valence-corrected chi connectivity index (χ1v) is 12.4. The maximum Gasteiger partial charge on any atom is 0.265 e. The van der Waals surface area contributed by atoms with Crippen molar-refractivity contribution in [1.29, 1.82) is 0 Å². The van der Waals surface area contributed by atoms with Gasteiger partial charge in [0.1, 0.15) is 12.3 Å². The molecule has 0 atom stereocenters. The molecule has 1 saturated carbocycles. The van der Waals surface area contributed by atoms with E-state index in [1.807, 2.05) is 6.07 Å². The molecule has 1 aliphatic carbocycles. The first kappa shape index (κ1) is 22.6. The second-order valence-corrected chi connectivity index (χ2v) is 9.92. The van der Waals surface area contributed by atoms with Crippen molar-refractivity contribution >= 4 is 67.4 Å². The Morgan fingerprint density at radius 1 is 1.12 bits per heavy atom. The van der Waals surface area contributed by atoms with Gasteiger partial charge in [0.2, 0.25) is 11.8 Å². The van der Waals surface area contributed by atoms with Gasteiger partial charge in [0, 0.05) is 16.6 Å². The highest BCUT2D eigenvalue weighted by Gasteiger charge is 2.28. The lowest BCUT2D eigenvalue weighted by Crippen LogP contribution is -2.43. The van der Waals surface area contributed by atoms with Gasteiger partial charge in [-0.05, 0) is 49.2 Å². The number of amides is 3. The lowest BCUT2D eigenvalue weighted by Gasteiger charge is -2.29. The minimum Gasteiger partial charge on any atom is -0.482 e. The van der Waals surface area contributed by atoms with Crippen LogP contribution in [0.4, 0.5) is 16.5 Å². The van der Waals surface area contributed by atoms with Crippen molar-refractivity contribution in [2.24, 2.45) is 5.92 Å². The lowest BCUT2D eigenvalue weighted by atomic mass is 9.89. The van der Waals surface area contributed by atoms with Crippen molar-refractivity contribution in [2.45, 2.75) is 32.1 Å². The van der Waals surface area contributed by atoms with Crippen molar-refractivity contribution in [3.63, 3.8) is 0 Å². The maximum absolute atomic E-state index is 12.7. The summed E-state index contributed by atoms with van der Waals surface area (Å²) in [5.41, 5.74) is 1.70. The average molecular weight is 499 g/mol. The van der Waals surface area contributed by atoms with E-state index in [0.717, 1.165) is 30.4 Å². The molecule has 8 nitrogen and oxygen atoms in total. The molecule has 0 bridgehead atoms. The van der Waals surface area contributed by atoms with Gasteiger partial charge >= 0.3 is 0 Å². The van der Waals surface area contributed by atoms with Crippen LogP contribution in [-0.2, 0) is 14.4 Å². The molecule has 2 aromatic carbocycles. The SMILES string of the molecule is O=C(CN1C(=O)COc2ccc(Cl)cc21)Nc1ccc2sc(NC(=O)C3CCCCC3)nc2c1. The van der Waals surface area contributed by atoms with Gasteiger partial charge in [-0.3, -0.25) is 19.3 Å². The largest absolute Gasteiger partial charge is 0.482 e. The van der Waals surface area contributed by atoms with E-state index in [9.17, 15) is 14.4 Å². The molecular weight excluding hydrogens is 476 g/mol. The van der Waals surface area contributed by atoms with Gasteiger partial charge in [-0.25, -0.2) is 4.98 Å². The maximum atomic E-state index is 12.7. The summed E-state index contributed by atoms with van der Waals surface area (Å²) in [6.45, 7) is -0.310. The third-order valence-electron chi connectivity index (χ3n) is 6.04. The van der Waals surface area contributed by atoms with Crippen molar-refractivity contribution in [3.8, 4) is 5.75 Å². The molecule has 3 amide bonds. The van der Waals surface area contributed by atoms with E-state index in [1.165, 1.54) is 22.7 Å². The second kappa shape index (κ2) is 9.60. The zero-order valence-corrected chi connectivity index (χ0v) is 19.9. The highest BCUT2D eigenvalue weighted by atomic mass is 35.5. The van der Waals surface area contributed by atoms with Gasteiger partial charge in [-0.15, -0.1) is 0 Å². The van der Waals surface area contributed by atoms with E-state index in [0.29, 0.717) is 32.8 Å². The van der Waals surface area contributed by atoms with Crippen molar-refractivity contribution in [1.82, 2.24) is 4.98 Å². The number of fused-ring (bicyclic) bond motifs is 2. The number of halogens is 1. The second-order valence-electron chi connectivity index (χ2n) is 8.45.